The van der Waals surface area contributed by atoms with Crippen LogP contribution in [0.25, 0.3) is 0 Å². The van der Waals surface area contributed by atoms with Gasteiger partial charge in [0.15, 0.2) is 0 Å². The smallest absolute Gasteiger partial charge is 0.220 e. The molecule has 0 spiro atoms. The van der Waals surface area contributed by atoms with Gasteiger partial charge < -0.3 is 11.1 Å². The largest absolute Gasteiger partial charge is 0.350 e. The van der Waals surface area contributed by atoms with Crippen molar-refractivity contribution in [2.24, 2.45) is 11.7 Å². The number of carbonyl (C=O) groups is 1. The minimum atomic E-state index is -0.302. The molecule has 0 aliphatic heterocycles. The molecular formula is C15H25N3O. The monoisotopic (exact) mass is 263 g/mol. The van der Waals surface area contributed by atoms with Crippen molar-refractivity contribution in [1.29, 1.82) is 0 Å². The summed E-state index contributed by atoms with van der Waals surface area (Å²) in [4.78, 5) is 16.0. The van der Waals surface area contributed by atoms with Crippen LogP contribution in [0.1, 0.15) is 39.2 Å². The van der Waals surface area contributed by atoms with E-state index in [4.69, 9.17) is 5.73 Å². The number of aromatic nitrogens is 1. The van der Waals surface area contributed by atoms with E-state index >= 15 is 0 Å². The Bertz CT molecular complexity index is 392. The Hall–Kier alpha value is -1.42. The molecule has 0 radical (unpaired) electrons. The van der Waals surface area contributed by atoms with Gasteiger partial charge in [0.2, 0.25) is 5.91 Å². The van der Waals surface area contributed by atoms with Crippen molar-refractivity contribution in [2.45, 2.75) is 45.6 Å². The fraction of sp³-hybridized carbons (Fsp3) is 0.600. The molecule has 0 aliphatic rings. The van der Waals surface area contributed by atoms with Crippen LogP contribution in [0.5, 0.6) is 0 Å². The molecule has 1 atom stereocenters. The molecule has 0 saturated carbocycles. The molecule has 19 heavy (non-hydrogen) atoms. The van der Waals surface area contributed by atoms with Crippen LogP contribution in [0, 0.1) is 5.92 Å². The Kier molecular flexibility index (Phi) is 5.96. The molecule has 4 heteroatoms. The molecule has 0 aliphatic carbocycles. The predicted molar refractivity (Wildman–Crippen MR) is 77.6 cm³/mol. The van der Waals surface area contributed by atoms with E-state index in [0.717, 1.165) is 18.4 Å². The molecule has 1 unspecified atom stereocenters. The molecule has 0 fully saturated rings. The lowest BCUT2D eigenvalue weighted by Crippen LogP contribution is -2.52. The quantitative estimate of drug-likeness (QED) is 0.789. The molecule has 1 rings (SSSR count). The van der Waals surface area contributed by atoms with E-state index in [-0.39, 0.29) is 11.4 Å². The number of amides is 1. The first-order chi connectivity index (χ1) is 8.95. The Balaban J connectivity index is 2.45. The number of nitrogens with one attached hydrogen (secondary N) is 1. The van der Waals surface area contributed by atoms with Gasteiger partial charge in [-0.2, -0.15) is 0 Å². The van der Waals surface area contributed by atoms with Crippen molar-refractivity contribution < 1.29 is 4.79 Å². The van der Waals surface area contributed by atoms with Crippen LogP contribution in [0.15, 0.2) is 24.5 Å². The van der Waals surface area contributed by atoms with E-state index < -0.39 is 0 Å². The van der Waals surface area contributed by atoms with Crippen molar-refractivity contribution in [3.63, 3.8) is 0 Å². The fourth-order valence-corrected chi connectivity index (χ4v) is 2.29. The van der Waals surface area contributed by atoms with E-state index in [1.54, 1.807) is 12.4 Å². The van der Waals surface area contributed by atoms with Gasteiger partial charge >= 0.3 is 0 Å². The molecule has 0 saturated heterocycles. The topological polar surface area (TPSA) is 68.0 Å². The second-order valence-corrected chi connectivity index (χ2v) is 5.77. The average Bonchev–Trinajstić information content (AvgIpc) is 2.36. The van der Waals surface area contributed by atoms with Crippen LogP contribution in [-0.2, 0) is 11.2 Å². The zero-order valence-corrected chi connectivity index (χ0v) is 12.1. The number of nitrogens with two attached hydrogens (primary N) is 1. The Morgan fingerprint density at radius 2 is 2.05 bits per heavy atom. The molecule has 1 aromatic rings. The maximum absolute atomic E-state index is 12.0. The Labute approximate surface area is 115 Å². The molecule has 0 bridgehead atoms. The minimum Gasteiger partial charge on any atom is -0.350 e. The van der Waals surface area contributed by atoms with Gasteiger partial charge in [-0.05, 0) is 43.4 Å². The number of nitrogens with zero attached hydrogens (tertiary/aromatic N) is 1. The highest BCUT2D eigenvalue weighted by molar-refractivity contribution is 5.77. The molecule has 1 amide bonds. The maximum Gasteiger partial charge on any atom is 0.220 e. The van der Waals surface area contributed by atoms with Gasteiger partial charge in [0.25, 0.3) is 0 Å². The highest BCUT2D eigenvalue weighted by Crippen LogP contribution is 2.15. The van der Waals surface area contributed by atoms with Crippen LogP contribution < -0.4 is 11.1 Å². The average molecular weight is 263 g/mol. The van der Waals surface area contributed by atoms with Gasteiger partial charge in [-0.3, -0.25) is 9.78 Å². The third-order valence-electron chi connectivity index (χ3n) is 3.14. The molecular weight excluding hydrogens is 238 g/mol. The van der Waals surface area contributed by atoms with Crippen LogP contribution >= 0.6 is 0 Å². The Morgan fingerprint density at radius 3 is 2.58 bits per heavy atom. The van der Waals surface area contributed by atoms with Crippen molar-refractivity contribution >= 4 is 5.91 Å². The summed E-state index contributed by atoms with van der Waals surface area (Å²) in [6.45, 7) is 6.75. The first-order valence-electron chi connectivity index (χ1n) is 6.85. The third kappa shape index (κ3) is 5.83. The van der Waals surface area contributed by atoms with Gasteiger partial charge in [-0.1, -0.05) is 13.8 Å². The summed E-state index contributed by atoms with van der Waals surface area (Å²) in [5, 5.41) is 3.07. The normalized spacial score (nSPS) is 14.2. The summed E-state index contributed by atoms with van der Waals surface area (Å²) >= 11 is 0. The molecule has 0 aromatic carbocycles. The van der Waals surface area contributed by atoms with Crippen LogP contribution in [0.2, 0.25) is 0 Å². The van der Waals surface area contributed by atoms with Crippen LogP contribution in [0.4, 0.5) is 0 Å². The summed E-state index contributed by atoms with van der Waals surface area (Å²) in [5.74, 6) is 0.569. The van der Waals surface area contributed by atoms with Crippen LogP contribution in [0.3, 0.4) is 0 Å². The van der Waals surface area contributed by atoms with Gasteiger partial charge in [-0.25, -0.2) is 0 Å². The second-order valence-electron chi connectivity index (χ2n) is 5.77. The number of aryl methyl sites for hydroxylation is 1. The second kappa shape index (κ2) is 7.24. The van der Waals surface area contributed by atoms with E-state index in [1.165, 1.54) is 0 Å². The standard InChI is InChI=1S/C15H25N3O/c1-12(2)10-15(3,11-16)18-14(19)5-4-13-6-8-17-9-7-13/h6-9,12H,4-5,10-11,16H2,1-3H3,(H,18,19). The van der Waals surface area contributed by atoms with Gasteiger partial charge in [-0.15, -0.1) is 0 Å². The zero-order valence-electron chi connectivity index (χ0n) is 12.1. The zero-order chi connectivity index (χ0) is 14.3. The fourth-order valence-electron chi connectivity index (χ4n) is 2.29. The lowest BCUT2D eigenvalue weighted by atomic mass is 9.90. The predicted octanol–water partition coefficient (Wildman–Crippen LogP) is 1.89. The van der Waals surface area contributed by atoms with E-state index in [1.807, 2.05) is 19.1 Å². The lowest BCUT2D eigenvalue weighted by Gasteiger charge is -2.31. The molecule has 3 N–H and O–H groups in total. The van der Waals surface area contributed by atoms with E-state index in [0.29, 0.717) is 18.9 Å². The summed E-state index contributed by atoms with van der Waals surface area (Å²) in [7, 11) is 0. The highest BCUT2D eigenvalue weighted by atomic mass is 16.1. The highest BCUT2D eigenvalue weighted by Gasteiger charge is 2.25. The lowest BCUT2D eigenvalue weighted by molar-refractivity contribution is -0.122. The van der Waals surface area contributed by atoms with Crippen molar-refractivity contribution in [3.05, 3.63) is 30.1 Å². The van der Waals surface area contributed by atoms with E-state index in [2.05, 4.69) is 24.1 Å². The summed E-state index contributed by atoms with van der Waals surface area (Å²) in [6.07, 6.45) is 5.60. The number of hydrogen-bond donors (Lipinski definition) is 2. The van der Waals surface area contributed by atoms with E-state index in [9.17, 15) is 4.79 Å². The number of carbonyl (C=O) groups excluding carboxylic acids is 1. The first-order valence-corrected chi connectivity index (χ1v) is 6.85. The molecule has 1 aromatic heterocycles. The molecule has 1 heterocycles. The SMILES string of the molecule is CC(C)CC(C)(CN)NC(=O)CCc1ccncc1. The van der Waals surface area contributed by atoms with Crippen molar-refractivity contribution in [3.8, 4) is 0 Å². The molecule has 106 valence electrons. The van der Waals surface area contributed by atoms with Crippen molar-refractivity contribution in [1.82, 2.24) is 10.3 Å². The summed E-state index contributed by atoms with van der Waals surface area (Å²) in [6, 6.07) is 3.87. The van der Waals surface area contributed by atoms with Gasteiger partial charge in [0.05, 0.1) is 0 Å². The van der Waals surface area contributed by atoms with Gasteiger partial charge in [0, 0.05) is 30.9 Å². The maximum atomic E-state index is 12.0. The van der Waals surface area contributed by atoms with Crippen molar-refractivity contribution in [2.75, 3.05) is 6.54 Å². The number of rotatable bonds is 7. The third-order valence-corrected chi connectivity index (χ3v) is 3.14. The molecule has 4 nitrogen and oxygen atoms in total. The van der Waals surface area contributed by atoms with Gasteiger partial charge in [0.1, 0.15) is 0 Å². The number of hydrogen-bond acceptors (Lipinski definition) is 3. The summed E-state index contributed by atoms with van der Waals surface area (Å²) < 4.78 is 0. The first kappa shape index (κ1) is 15.6. The Morgan fingerprint density at radius 1 is 1.42 bits per heavy atom. The summed E-state index contributed by atoms with van der Waals surface area (Å²) in [5.41, 5.74) is 6.61. The van der Waals surface area contributed by atoms with Crippen LogP contribution in [-0.4, -0.2) is 23.0 Å². The minimum absolute atomic E-state index is 0.0606. The number of pyridine rings is 1.